The lowest BCUT2D eigenvalue weighted by Crippen LogP contribution is -2.25. The Hall–Kier alpha value is -6.00. The highest BCUT2D eigenvalue weighted by Gasteiger charge is 2.28. The van der Waals surface area contributed by atoms with Crippen LogP contribution in [0.25, 0.3) is 0 Å². The van der Waals surface area contributed by atoms with E-state index < -0.39 is 90.5 Å². The molecule has 0 aliphatic heterocycles. The molecule has 0 unspecified atom stereocenters. The van der Waals surface area contributed by atoms with Crippen LogP contribution in [0.15, 0.2) is 36.4 Å². The van der Waals surface area contributed by atoms with Crippen molar-refractivity contribution in [2.45, 2.75) is 52.7 Å². The van der Waals surface area contributed by atoms with Crippen molar-refractivity contribution in [3.63, 3.8) is 0 Å². The molecule has 3 aromatic rings. The first-order valence-corrected chi connectivity index (χ1v) is 16.2. The van der Waals surface area contributed by atoms with Gasteiger partial charge in [-0.3, -0.25) is 20.2 Å². The van der Waals surface area contributed by atoms with Crippen molar-refractivity contribution in [1.29, 1.82) is 0 Å². The van der Waals surface area contributed by atoms with Crippen LogP contribution < -0.4 is 16.8 Å². The van der Waals surface area contributed by atoms with Crippen molar-refractivity contribution in [3.05, 3.63) is 102 Å². The predicted octanol–water partition coefficient (Wildman–Crippen LogP) is 6.41. The molecular formula is C35H44F5N5O12. The lowest BCUT2D eigenvalue weighted by Gasteiger charge is -2.20. The number of carboxylic acids is 1. The van der Waals surface area contributed by atoms with Gasteiger partial charge in [0.25, 0.3) is 0 Å². The van der Waals surface area contributed by atoms with E-state index in [2.05, 4.69) is 10.1 Å². The lowest BCUT2D eigenvalue weighted by molar-refractivity contribution is -0.387. The number of carbonyl (C=O) groups is 3. The van der Waals surface area contributed by atoms with Gasteiger partial charge in [0.15, 0.2) is 17.5 Å². The number of benzene rings is 3. The standard InChI is InChI=1S/C14H21FN2O3.C11H11F2NO4.C7H3F2NO4.C3H9NO/c1-14(2,3)20-13(18)9-5-6-10(16)12(11(9)15)17-7-8-19-4;1-11(2,3)18-10(15)6-4-5-7(14(16)17)9(13)8(6)12;8-5-3(7(11)12)1-2-4(6(5)9)10(13)14;1-5-3-2-4/h5-6,17H,7-8,16H2,1-4H3;4-5H,1-3H3;1-2H,(H,11,12);2-4H2,1H3. The Labute approximate surface area is 323 Å². The molecule has 3 aromatic carbocycles. The molecule has 0 saturated heterocycles. The second kappa shape index (κ2) is 23.2. The van der Waals surface area contributed by atoms with Crippen LogP contribution in [0.5, 0.6) is 0 Å². The Bertz CT molecular complexity index is 1850. The Morgan fingerprint density at radius 2 is 1.07 bits per heavy atom. The van der Waals surface area contributed by atoms with Crippen LogP contribution in [0.4, 0.5) is 44.7 Å². The van der Waals surface area contributed by atoms with Crippen molar-refractivity contribution in [3.8, 4) is 0 Å². The number of anilines is 2. The average Bonchev–Trinajstić information content (AvgIpc) is 3.07. The maximum Gasteiger partial charge on any atom is 0.341 e. The number of hydrogen-bond acceptors (Lipinski definition) is 14. The van der Waals surface area contributed by atoms with Crippen molar-refractivity contribution in [2.75, 3.05) is 51.6 Å². The maximum atomic E-state index is 14.3. The third-order valence-electron chi connectivity index (χ3n) is 6.09. The first kappa shape index (κ1) is 51.0. The van der Waals surface area contributed by atoms with Gasteiger partial charge in [-0.25, -0.2) is 27.6 Å². The molecule has 316 valence electrons. The molecule has 0 radical (unpaired) electrons. The molecule has 22 heteroatoms. The Morgan fingerprint density at radius 1 is 0.684 bits per heavy atom. The first-order chi connectivity index (χ1) is 26.3. The molecule has 57 heavy (non-hydrogen) atoms. The molecule has 6 N–H and O–H groups in total. The molecule has 0 bridgehead atoms. The van der Waals surface area contributed by atoms with Gasteiger partial charge in [0, 0.05) is 39.4 Å². The molecule has 3 rings (SSSR count). The lowest BCUT2D eigenvalue weighted by atomic mass is 10.1. The van der Waals surface area contributed by atoms with Gasteiger partial charge in [-0.2, -0.15) is 8.78 Å². The van der Waals surface area contributed by atoms with Gasteiger partial charge in [-0.1, -0.05) is 0 Å². The summed E-state index contributed by atoms with van der Waals surface area (Å²) in [5.41, 5.74) is 5.60. The largest absolute Gasteiger partial charge is 0.478 e. The van der Waals surface area contributed by atoms with Crippen LogP contribution in [-0.4, -0.2) is 84.6 Å². The van der Waals surface area contributed by atoms with Crippen LogP contribution in [0.2, 0.25) is 0 Å². The monoisotopic (exact) mass is 821 g/mol. The smallest absolute Gasteiger partial charge is 0.341 e. The maximum absolute atomic E-state index is 14.3. The minimum atomic E-state index is -1.77. The van der Waals surface area contributed by atoms with Crippen molar-refractivity contribution >= 4 is 40.7 Å². The summed E-state index contributed by atoms with van der Waals surface area (Å²) in [6.45, 7) is 11.9. The summed E-state index contributed by atoms with van der Waals surface area (Å²) >= 11 is 0. The molecule has 0 aliphatic rings. The summed E-state index contributed by atoms with van der Waals surface area (Å²) in [7, 11) is 3.17. The normalized spacial score (nSPS) is 10.6. The molecule has 0 fully saturated rings. The van der Waals surface area contributed by atoms with E-state index in [1.54, 1.807) is 55.8 Å². The number of nitrogen functional groups attached to an aromatic ring is 1. The fraction of sp³-hybridized carbons (Fsp3) is 0.400. The average molecular weight is 822 g/mol. The van der Waals surface area contributed by atoms with Gasteiger partial charge < -0.3 is 40.8 Å². The van der Waals surface area contributed by atoms with E-state index in [4.69, 9.17) is 30.8 Å². The SMILES string of the molecule is CC(C)(C)OC(=O)c1ccc([N+](=O)[O-])c(F)c1F.COCCN.COCCNc1c(N)ccc(C(=O)OC(C)(C)C)c1F.O=C(O)c1ccc([N+](=O)[O-])c(F)c1F. The highest BCUT2D eigenvalue weighted by atomic mass is 19.2. The summed E-state index contributed by atoms with van der Waals surface area (Å²) in [5.74, 6) is -11.0. The number of nitro benzene ring substituents is 2. The van der Waals surface area contributed by atoms with Crippen LogP contribution in [-0.2, 0) is 18.9 Å². The van der Waals surface area contributed by atoms with E-state index in [-0.39, 0.29) is 16.9 Å². The number of nitrogens with one attached hydrogen (secondary N) is 1. The molecule has 0 amide bonds. The van der Waals surface area contributed by atoms with Gasteiger partial charge in [0.1, 0.15) is 11.2 Å². The molecule has 17 nitrogen and oxygen atoms in total. The van der Waals surface area contributed by atoms with Crippen molar-refractivity contribution in [1.82, 2.24) is 0 Å². The highest BCUT2D eigenvalue weighted by molar-refractivity contribution is 5.93. The summed E-state index contributed by atoms with van der Waals surface area (Å²) in [4.78, 5) is 52.0. The quantitative estimate of drug-likeness (QED) is 0.0407. The Morgan fingerprint density at radius 3 is 1.42 bits per heavy atom. The van der Waals surface area contributed by atoms with Crippen LogP contribution in [0.3, 0.4) is 0 Å². The van der Waals surface area contributed by atoms with E-state index in [0.717, 1.165) is 12.1 Å². The Balaban J connectivity index is 0.000000787. The number of hydrogen-bond donors (Lipinski definition) is 4. The number of methoxy groups -OCH3 is 2. The predicted molar refractivity (Wildman–Crippen MR) is 195 cm³/mol. The summed E-state index contributed by atoms with van der Waals surface area (Å²) in [6.07, 6.45) is 0. The molecular weight excluding hydrogens is 777 g/mol. The topological polar surface area (TPSA) is 259 Å². The number of carboxylic acid groups (broad SMARTS) is 1. The summed E-state index contributed by atoms with van der Waals surface area (Å²) in [6, 6.07) is 5.57. The number of carbonyl (C=O) groups excluding carboxylic acids is 2. The number of ether oxygens (including phenoxy) is 4. The first-order valence-electron chi connectivity index (χ1n) is 16.2. The van der Waals surface area contributed by atoms with Crippen molar-refractivity contribution < 1.29 is 70.2 Å². The van der Waals surface area contributed by atoms with Gasteiger partial charge in [0.2, 0.25) is 11.6 Å². The van der Waals surface area contributed by atoms with Gasteiger partial charge in [-0.05, 0) is 65.8 Å². The number of nitrogens with zero attached hydrogens (tertiary/aromatic N) is 2. The number of esters is 2. The fourth-order valence-electron chi connectivity index (χ4n) is 3.67. The third kappa shape index (κ3) is 17.1. The van der Waals surface area contributed by atoms with E-state index >= 15 is 0 Å². The van der Waals surface area contributed by atoms with Crippen LogP contribution >= 0.6 is 0 Å². The number of nitro groups is 2. The third-order valence-corrected chi connectivity index (χ3v) is 6.09. The minimum absolute atomic E-state index is 0.0883. The van der Waals surface area contributed by atoms with E-state index in [0.29, 0.717) is 38.4 Å². The fourth-order valence-corrected chi connectivity index (χ4v) is 3.67. The van der Waals surface area contributed by atoms with Crippen LogP contribution in [0.1, 0.15) is 72.6 Å². The number of halogens is 5. The number of nitrogens with two attached hydrogens (primary N) is 2. The molecule has 0 saturated carbocycles. The van der Waals surface area contributed by atoms with Crippen molar-refractivity contribution in [2.24, 2.45) is 5.73 Å². The molecule has 0 atom stereocenters. The second-order valence-electron chi connectivity index (χ2n) is 12.9. The zero-order chi connectivity index (χ0) is 44.4. The molecule has 0 spiro atoms. The number of rotatable bonds is 11. The minimum Gasteiger partial charge on any atom is -0.478 e. The highest BCUT2D eigenvalue weighted by Crippen LogP contribution is 2.27. The number of aromatic carboxylic acids is 1. The molecule has 0 aromatic heterocycles. The zero-order valence-electron chi connectivity index (χ0n) is 32.2. The summed E-state index contributed by atoms with van der Waals surface area (Å²) in [5, 5.41) is 31.6. The summed E-state index contributed by atoms with van der Waals surface area (Å²) < 4.78 is 86.1. The molecule has 0 heterocycles. The van der Waals surface area contributed by atoms with E-state index in [9.17, 15) is 56.6 Å². The van der Waals surface area contributed by atoms with E-state index in [1.807, 2.05) is 0 Å². The Kier molecular flexibility index (Phi) is 20.7. The van der Waals surface area contributed by atoms with Crippen LogP contribution in [0, 0.1) is 49.3 Å². The van der Waals surface area contributed by atoms with E-state index in [1.165, 1.54) is 12.1 Å². The second-order valence-corrected chi connectivity index (χ2v) is 12.9. The van der Waals surface area contributed by atoms with Gasteiger partial charge >= 0.3 is 29.3 Å². The van der Waals surface area contributed by atoms with Gasteiger partial charge in [-0.15, -0.1) is 0 Å². The zero-order valence-corrected chi connectivity index (χ0v) is 32.2. The molecule has 0 aliphatic carbocycles. The van der Waals surface area contributed by atoms with Gasteiger partial charge in [0.05, 0.1) is 51.1 Å².